The lowest BCUT2D eigenvalue weighted by atomic mass is 9.83. The third-order valence-corrected chi connectivity index (χ3v) is 10.8. The molecule has 0 saturated carbocycles. The first kappa shape index (κ1) is 37.6. The molecule has 0 aliphatic rings. The number of allylic oxidation sites excluding steroid dienone is 2. The molecule has 212 valence electrons. The molecule has 0 rings (SSSR count). The van der Waals surface area contributed by atoms with E-state index in [1.165, 1.54) is 0 Å². The summed E-state index contributed by atoms with van der Waals surface area (Å²) >= 11 is 0. The fourth-order valence-electron chi connectivity index (χ4n) is 2.80. The quantitative estimate of drug-likeness (QED) is 0.118. The molecule has 0 aliphatic carbocycles. The van der Waals surface area contributed by atoms with E-state index in [4.69, 9.17) is 39.1 Å². The minimum atomic E-state index is -5.16. The Kier molecular flexibility index (Phi) is 14.1. The van der Waals surface area contributed by atoms with E-state index in [9.17, 15) is 27.8 Å². The molecule has 14 nitrogen and oxygen atoms in total. The standard InChI is InChI=1S/2C9H18O7P2/c2*1-4-5-9(2,3)7(10)6-8(17(11,12)13)18(14,15)16/h2*6H,4-5H2,1-3H3,(H2,11,12,13)(H2,14,15,16). The normalized spacial score (nSPS) is 13.3. The molecule has 0 unspecified atom stereocenters. The molecule has 8 N–H and O–H groups in total. The Bertz CT molecular complexity index is 916. The molecule has 0 aromatic rings. The Hall–Kier alpha value is -0.580. The van der Waals surface area contributed by atoms with Gasteiger partial charge in [0.05, 0.1) is 0 Å². The molecule has 0 aliphatic heterocycles. The van der Waals surface area contributed by atoms with Crippen LogP contribution in [0.2, 0.25) is 0 Å². The first-order valence-electron chi connectivity index (χ1n) is 10.4. The minimum Gasteiger partial charge on any atom is -0.321 e. The smallest absolute Gasteiger partial charge is 0.321 e. The molecular formula is C18H36O14P4. The van der Waals surface area contributed by atoms with Gasteiger partial charge >= 0.3 is 30.4 Å². The maximum Gasteiger partial charge on any atom is 0.364 e. The van der Waals surface area contributed by atoms with Gasteiger partial charge in [-0.1, -0.05) is 54.4 Å². The third kappa shape index (κ3) is 13.3. The molecule has 0 radical (unpaired) electrons. The van der Waals surface area contributed by atoms with Crippen LogP contribution in [0.1, 0.15) is 67.2 Å². The van der Waals surface area contributed by atoms with E-state index >= 15 is 0 Å². The van der Waals surface area contributed by atoms with Crippen molar-refractivity contribution in [2.75, 3.05) is 0 Å². The maximum absolute atomic E-state index is 11.8. The SMILES string of the molecule is CCCC(C)(C)C(=O)C=C(P(=O)(O)O)P(=O)(O)O.CCCC(C)(C)C(=O)C=C(P(=O)(O)O)P(=O)(O)O. The Labute approximate surface area is 209 Å². The van der Waals surface area contributed by atoms with Crippen LogP contribution in [0.15, 0.2) is 22.3 Å². The number of carbonyl (C=O) groups is 2. The summed E-state index contributed by atoms with van der Waals surface area (Å²) in [5.41, 5.74) is -1.85. The zero-order valence-corrected chi connectivity index (χ0v) is 24.4. The predicted octanol–water partition coefficient (Wildman–Crippen LogP) is 3.16. The number of hydrogen-bond donors (Lipinski definition) is 8. The van der Waals surface area contributed by atoms with Crippen molar-refractivity contribution >= 4 is 41.9 Å². The van der Waals surface area contributed by atoms with Crippen LogP contribution in [0.4, 0.5) is 0 Å². The summed E-state index contributed by atoms with van der Waals surface area (Å²) in [6, 6.07) is 0. The van der Waals surface area contributed by atoms with Crippen molar-refractivity contribution in [2.24, 2.45) is 10.8 Å². The summed E-state index contributed by atoms with van der Waals surface area (Å²) in [6.07, 6.45) is 2.98. The van der Waals surface area contributed by atoms with E-state index in [1.807, 2.05) is 13.8 Å². The first-order valence-corrected chi connectivity index (χ1v) is 16.9. The molecule has 0 heterocycles. The van der Waals surface area contributed by atoms with E-state index in [1.54, 1.807) is 27.7 Å². The van der Waals surface area contributed by atoms with Crippen LogP contribution in [0, 0.1) is 10.8 Å². The monoisotopic (exact) mass is 600 g/mol. The van der Waals surface area contributed by atoms with Crippen LogP contribution < -0.4 is 0 Å². The second-order valence-corrected chi connectivity index (χ2v) is 16.2. The van der Waals surface area contributed by atoms with Gasteiger partial charge in [-0.25, -0.2) is 0 Å². The topological polar surface area (TPSA) is 264 Å². The second kappa shape index (κ2) is 13.5. The van der Waals surface area contributed by atoms with Crippen LogP contribution in [0.5, 0.6) is 0 Å². The lowest BCUT2D eigenvalue weighted by Gasteiger charge is -2.21. The fraction of sp³-hybridized carbons (Fsp3) is 0.667. The van der Waals surface area contributed by atoms with Crippen molar-refractivity contribution in [3.63, 3.8) is 0 Å². The second-order valence-electron chi connectivity index (χ2n) is 9.18. The molecule has 0 aromatic carbocycles. The van der Waals surface area contributed by atoms with Crippen LogP contribution in [0.3, 0.4) is 0 Å². The van der Waals surface area contributed by atoms with Crippen LogP contribution >= 0.6 is 30.4 Å². The van der Waals surface area contributed by atoms with Crippen molar-refractivity contribution in [1.82, 2.24) is 0 Å². The third-order valence-electron chi connectivity index (χ3n) is 4.80. The highest BCUT2D eigenvalue weighted by atomic mass is 31.2. The summed E-state index contributed by atoms with van der Waals surface area (Å²) in [5.74, 6) is -1.43. The average molecular weight is 600 g/mol. The van der Waals surface area contributed by atoms with Gasteiger partial charge in [-0.05, 0) is 12.8 Å². The molecule has 0 bridgehead atoms. The van der Waals surface area contributed by atoms with Crippen molar-refractivity contribution < 1.29 is 67.0 Å². The van der Waals surface area contributed by atoms with E-state index in [0.29, 0.717) is 37.8 Å². The highest BCUT2D eigenvalue weighted by Gasteiger charge is 2.39. The van der Waals surface area contributed by atoms with Gasteiger partial charge < -0.3 is 39.1 Å². The van der Waals surface area contributed by atoms with Gasteiger partial charge in [0.1, 0.15) is 0 Å². The van der Waals surface area contributed by atoms with Gasteiger partial charge in [0.15, 0.2) is 21.7 Å². The molecular weight excluding hydrogens is 564 g/mol. The van der Waals surface area contributed by atoms with Gasteiger partial charge in [0.25, 0.3) is 0 Å². The Morgan fingerprint density at radius 2 is 0.750 bits per heavy atom. The summed E-state index contributed by atoms with van der Waals surface area (Å²) in [7, 11) is -20.7. The van der Waals surface area contributed by atoms with E-state index in [-0.39, 0.29) is 0 Å². The van der Waals surface area contributed by atoms with E-state index in [0.717, 1.165) is 0 Å². The van der Waals surface area contributed by atoms with E-state index in [2.05, 4.69) is 0 Å². The zero-order chi connectivity index (χ0) is 29.6. The number of carbonyl (C=O) groups excluding carboxylic acids is 2. The highest BCUT2D eigenvalue weighted by molar-refractivity contribution is 7.77. The molecule has 0 amide bonds. The molecule has 0 aromatic heterocycles. The molecule has 0 saturated heterocycles. The van der Waals surface area contributed by atoms with Crippen molar-refractivity contribution in [3.8, 4) is 0 Å². The van der Waals surface area contributed by atoms with Crippen molar-refractivity contribution in [3.05, 3.63) is 22.3 Å². The van der Waals surface area contributed by atoms with Crippen molar-refractivity contribution in [2.45, 2.75) is 67.2 Å². The predicted molar refractivity (Wildman–Crippen MR) is 132 cm³/mol. The zero-order valence-electron chi connectivity index (χ0n) is 20.8. The number of ketones is 2. The summed E-state index contributed by atoms with van der Waals surface area (Å²) < 4.78 is 43.9. The Balaban J connectivity index is 0. The van der Waals surface area contributed by atoms with E-state index < -0.39 is 62.9 Å². The molecule has 18 heteroatoms. The van der Waals surface area contributed by atoms with Gasteiger partial charge in [-0.3, -0.25) is 27.8 Å². The van der Waals surface area contributed by atoms with Gasteiger partial charge in [0, 0.05) is 23.0 Å². The highest BCUT2D eigenvalue weighted by Crippen LogP contribution is 2.64. The Morgan fingerprint density at radius 1 is 0.556 bits per heavy atom. The fourth-order valence-corrected chi connectivity index (χ4v) is 6.65. The van der Waals surface area contributed by atoms with Crippen LogP contribution in [-0.4, -0.2) is 50.7 Å². The first-order chi connectivity index (χ1) is 15.6. The lowest BCUT2D eigenvalue weighted by Crippen LogP contribution is -2.22. The number of rotatable bonds is 12. The number of hydrogen-bond acceptors (Lipinski definition) is 6. The van der Waals surface area contributed by atoms with Gasteiger partial charge in [0.2, 0.25) is 0 Å². The van der Waals surface area contributed by atoms with Crippen LogP contribution in [-0.2, 0) is 27.8 Å². The minimum absolute atomic E-state index is 0.386. The van der Waals surface area contributed by atoms with Crippen LogP contribution in [0.25, 0.3) is 0 Å². The summed E-state index contributed by atoms with van der Waals surface area (Å²) in [4.78, 5) is 94.4. The molecule has 0 fully saturated rings. The molecule has 0 atom stereocenters. The van der Waals surface area contributed by atoms with Gasteiger partial charge in [-0.2, -0.15) is 0 Å². The maximum atomic E-state index is 11.8. The summed E-state index contributed by atoms with van der Waals surface area (Å²) in [5, 5.41) is -2.85. The summed E-state index contributed by atoms with van der Waals surface area (Å²) in [6.45, 7) is 9.84. The lowest BCUT2D eigenvalue weighted by molar-refractivity contribution is -0.123. The average Bonchev–Trinajstić information content (AvgIpc) is 2.60. The largest absolute Gasteiger partial charge is 0.364 e. The Morgan fingerprint density at radius 3 is 0.889 bits per heavy atom. The molecule has 36 heavy (non-hydrogen) atoms. The van der Waals surface area contributed by atoms with Gasteiger partial charge in [-0.15, -0.1) is 0 Å². The van der Waals surface area contributed by atoms with Crippen molar-refractivity contribution in [1.29, 1.82) is 0 Å². The molecule has 0 spiro atoms.